The molecule has 1 saturated heterocycles. The summed E-state index contributed by atoms with van der Waals surface area (Å²) in [4.78, 5) is 38.1. The van der Waals surface area contributed by atoms with Gasteiger partial charge in [-0.3, -0.25) is 9.59 Å². The minimum Gasteiger partial charge on any atom is -0.494 e. The maximum atomic E-state index is 13.7. The molecule has 0 aliphatic carbocycles. The van der Waals surface area contributed by atoms with Crippen molar-refractivity contribution < 1.29 is 32.7 Å². The molecular formula is C19H18FNO6S. The van der Waals surface area contributed by atoms with Gasteiger partial charge in [0.25, 0.3) is 0 Å². The number of furan rings is 1. The van der Waals surface area contributed by atoms with E-state index in [-0.39, 0.29) is 17.2 Å². The first-order chi connectivity index (χ1) is 13.4. The highest BCUT2D eigenvalue weighted by Gasteiger charge is 2.43. The molecule has 7 nitrogen and oxygen atoms in total. The van der Waals surface area contributed by atoms with Crippen LogP contribution in [-0.4, -0.2) is 48.1 Å². The quantitative estimate of drug-likeness (QED) is 0.538. The number of benzene rings is 1. The Labute approximate surface area is 164 Å². The van der Waals surface area contributed by atoms with Crippen LogP contribution in [0.5, 0.6) is 5.75 Å². The molecule has 148 valence electrons. The largest absolute Gasteiger partial charge is 0.494 e. The molecule has 2 atom stereocenters. The Bertz CT molecular complexity index is 885. The summed E-state index contributed by atoms with van der Waals surface area (Å²) >= 11 is 1.37. The van der Waals surface area contributed by atoms with Crippen LogP contribution in [0.3, 0.4) is 0 Å². The topological polar surface area (TPSA) is 86.1 Å². The van der Waals surface area contributed by atoms with Gasteiger partial charge in [-0.05, 0) is 30.3 Å². The lowest BCUT2D eigenvalue weighted by Gasteiger charge is -2.25. The Hall–Kier alpha value is -2.81. The Balaban J connectivity index is 1.65. The molecule has 0 radical (unpaired) electrons. The number of nitrogens with zero attached hydrogens (tertiary/aromatic N) is 1. The summed E-state index contributed by atoms with van der Waals surface area (Å²) in [6.07, 6.45) is 1.49. The second-order valence-electron chi connectivity index (χ2n) is 6.02. The fraction of sp³-hybridized carbons (Fsp3) is 0.316. The molecule has 2 heterocycles. The van der Waals surface area contributed by atoms with Crippen molar-refractivity contribution in [1.82, 2.24) is 4.90 Å². The first-order valence-corrected chi connectivity index (χ1v) is 9.44. The maximum Gasteiger partial charge on any atom is 0.330 e. The van der Waals surface area contributed by atoms with Gasteiger partial charge in [-0.15, -0.1) is 11.8 Å². The van der Waals surface area contributed by atoms with Gasteiger partial charge < -0.3 is 18.8 Å². The predicted molar refractivity (Wildman–Crippen MR) is 98.5 cm³/mol. The molecule has 9 heteroatoms. The van der Waals surface area contributed by atoms with Crippen molar-refractivity contribution in [3.05, 3.63) is 53.7 Å². The third-order valence-electron chi connectivity index (χ3n) is 4.24. The Kier molecular flexibility index (Phi) is 6.03. The fourth-order valence-electron chi connectivity index (χ4n) is 2.88. The molecule has 1 aliphatic heterocycles. The van der Waals surface area contributed by atoms with Gasteiger partial charge >= 0.3 is 5.97 Å². The first kappa shape index (κ1) is 19.9. The molecule has 0 spiro atoms. The Morgan fingerprint density at radius 1 is 1.32 bits per heavy atom. The molecule has 0 unspecified atom stereocenters. The standard InChI is InChI=1S/C19H18FNO6S/c1-11(22)21-14(10-28-18(21)17-4-3-7-26-17)19(24)27-9-15(23)12-5-6-16(25-2)13(20)8-12/h3-8,14,18H,9-10H2,1-2H3/t14-,18-/m0/s1. The molecule has 2 aromatic rings. The molecule has 1 amide bonds. The van der Waals surface area contributed by atoms with Gasteiger partial charge in [0.1, 0.15) is 17.2 Å². The number of hydrogen-bond donors (Lipinski definition) is 0. The van der Waals surface area contributed by atoms with E-state index in [1.54, 1.807) is 12.1 Å². The number of Topliss-reactive ketones (excluding diaryl/α,β-unsaturated/α-hetero) is 1. The zero-order valence-corrected chi connectivity index (χ0v) is 16.0. The Morgan fingerprint density at radius 2 is 2.11 bits per heavy atom. The third-order valence-corrected chi connectivity index (χ3v) is 5.53. The van der Waals surface area contributed by atoms with Gasteiger partial charge in [0.15, 0.2) is 24.0 Å². The van der Waals surface area contributed by atoms with Crippen LogP contribution in [0.1, 0.15) is 28.4 Å². The lowest BCUT2D eigenvalue weighted by molar-refractivity contribution is -0.152. The zero-order valence-electron chi connectivity index (χ0n) is 15.2. The molecule has 0 bridgehead atoms. The summed E-state index contributed by atoms with van der Waals surface area (Å²) in [5.74, 6) is -1.36. The predicted octanol–water partition coefficient (Wildman–Crippen LogP) is 2.82. The van der Waals surface area contributed by atoms with Crippen molar-refractivity contribution in [2.45, 2.75) is 18.3 Å². The van der Waals surface area contributed by atoms with Crippen molar-refractivity contribution in [1.29, 1.82) is 0 Å². The molecule has 0 saturated carbocycles. The molecule has 0 N–H and O–H groups in total. The van der Waals surface area contributed by atoms with Crippen molar-refractivity contribution >= 4 is 29.4 Å². The van der Waals surface area contributed by atoms with Crippen molar-refractivity contribution in [3.8, 4) is 5.75 Å². The SMILES string of the molecule is COc1ccc(C(=O)COC(=O)[C@@H]2CS[C@@H](c3ccco3)N2C(C)=O)cc1F. The van der Waals surface area contributed by atoms with E-state index in [1.807, 2.05) is 0 Å². The van der Waals surface area contributed by atoms with Gasteiger partial charge in [-0.25, -0.2) is 9.18 Å². The van der Waals surface area contributed by atoms with Crippen LogP contribution in [0, 0.1) is 5.82 Å². The van der Waals surface area contributed by atoms with Crippen LogP contribution in [0.2, 0.25) is 0 Å². The lowest BCUT2D eigenvalue weighted by Crippen LogP contribution is -2.43. The third kappa shape index (κ3) is 4.04. The maximum absolute atomic E-state index is 13.7. The van der Waals surface area contributed by atoms with Gasteiger partial charge in [-0.2, -0.15) is 0 Å². The first-order valence-electron chi connectivity index (χ1n) is 8.39. The number of esters is 1. The molecular weight excluding hydrogens is 389 g/mol. The van der Waals surface area contributed by atoms with Crippen LogP contribution in [0.4, 0.5) is 4.39 Å². The smallest absolute Gasteiger partial charge is 0.330 e. The summed E-state index contributed by atoms with van der Waals surface area (Å²) in [5.41, 5.74) is 0.0591. The van der Waals surface area contributed by atoms with Crippen molar-refractivity contribution in [2.24, 2.45) is 0 Å². The molecule has 1 aromatic carbocycles. The van der Waals surface area contributed by atoms with E-state index in [9.17, 15) is 18.8 Å². The summed E-state index contributed by atoms with van der Waals surface area (Å²) in [5, 5.41) is -0.434. The number of ketones is 1. The Morgan fingerprint density at radius 3 is 2.71 bits per heavy atom. The normalized spacial score (nSPS) is 18.8. The van der Waals surface area contributed by atoms with Gasteiger partial charge in [0.05, 0.1) is 13.4 Å². The van der Waals surface area contributed by atoms with Crippen LogP contribution < -0.4 is 4.74 Å². The van der Waals surface area contributed by atoms with Crippen LogP contribution >= 0.6 is 11.8 Å². The van der Waals surface area contributed by atoms with E-state index in [1.165, 1.54) is 49.1 Å². The van der Waals surface area contributed by atoms with Crippen LogP contribution in [-0.2, 0) is 14.3 Å². The zero-order chi connectivity index (χ0) is 20.3. The fourth-order valence-corrected chi connectivity index (χ4v) is 4.30. The number of thioether (sulfide) groups is 1. The van der Waals surface area contributed by atoms with E-state index in [4.69, 9.17) is 13.9 Å². The molecule has 28 heavy (non-hydrogen) atoms. The number of carbonyl (C=O) groups is 3. The highest BCUT2D eigenvalue weighted by molar-refractivity contribution is 7.99. The van der Waals surface area contributed by atoms with E-state index >= 15 is 0 Å². The molecule has 1 aromatic heterocycles. The summed E-state index contributed by atoms with van der Waals surface area (Å²) in [7, 11) is 1.32. The van der Waals surface area contributed by atoms with Gasteiger partial charge in [0, 0.05) is 18.2 Å². The number of carbonyl (C=O) groups excluding carboxylic acids is 3. The van der Waals surface area contributed by atoms with E-state index < -0.39 is 35.6 Å². The number of halogens is 1. The van der Waals surface area contributed by atoms with Crippen molar-refractivity contribution in [2.75, 3.05) is 19.5 Å². The van der Waals surface area contributed by atoms with Gasteiger partial charge in [0.2, 0.25) is 5.91 Å². The highest BCUT2D eigenvalue weighted by atomic mass is 32.2. The second kappa shape index (κ2) is 8.47. The number of rotatable bonds is 6. The van der Waals surface area contributed by atoms with Crippen molar-refractivity contribution in [3.63, 3.8) is 0 Å². The van der Waals surface area contributed by atoms with Crippen LogP contribution in [0.15, 0.2) is 41.0 Å². The summed E-state index contributed by atoms with van der Waals surface area (Å²) in [6.45, 7) is 0.802. The second-order valence-corrected chi connectivity index (χ2v) is 7.14. The van der Waals surface area contributed by atoms with Gasteiger partial charge in [-0.1, -0.05) is 0 Å². The number of hydrogen-bond acceptors (Lipinski definition) is 7. The number of amides is 1. The number of ether oxygens (including phenoxy) is 2. The minimum absolute atomic E-state index is 0.0117. The molecule has 1 fully saturated rings. The molecule has 1 aliphatic rings. The lowest BCUT2D eigenvalue weighted by atomic mass is 10.1. The average Bonchev–Trinajstić information content (AvgIpc) is 3.34. The highest BCUT2D eigenvalue weighted by Crippen LogP contribution is 2.41. The molecule has 3 rings (SSSR count). The summed E-state index contributed by atoms with van der Waals surface area (Å²) in [6, 6.07) is 6.32. The van der Waals surface area contributed by atoms with E-state index in [0.717, 1.165) is 6.07 Å². The minimum atomic E-state index is -0.835. The van der Waals surface area contributed by atoms with E-state index in [0.29, 0.717) is 11.5 Å². The summed E-state index contributed by atoms with van der Waals surface area (Å²) < 4.78 is 29.0. The monoisotopic (exact) mass is 407 g/mol. The number of methoxy groups -OCH3 is 1. The average molecular weight is 407 g/mol. The van der Waals surface area contributed by atoms with Crippen LogP contribution in [0.25, 0.3) is 0 Å². The van der Waals surface area contributed by atoms with E-state index in [2.05, 4.69) is 0 Å².